The van der Waals surface area contributed by atoms with Crippen LogP contribution in [0.15, 0.2) is 57.5 Å². The van der Waals surface area contributed by atoms with E-state index in [4.69, 9.17) is 23.7 Å². The van der Waals surface area contributed by atoms with E-state index in [1.54, 1.807) is 36.6 Å². The first-order valence-electron chi connectivity index (χ1n) is 11.0. The Morgan fingerprint density at radius 2 is 1.77 bits per heavy atom. The minimum atomic E-state index is -0.723. The average molecular weight is 493 g/mol. The van der Waals surface area contributed by atoms with Crippen LogP contribution in [0.5, 0.6) is 23.0 Å². The lowest BCUT2D eigenvalue weighted by atomic mass is 9.95. The van der Waals surface area contributed by atoms with Crippen molar-refractivity contribution in [3.63, 3.8) is 0 Å². The molecule has 4 heterocycles. The van der Waals surface area contributed by atoms with E-state index in [0.29, 0.717) is 49.2 Å². The number of rotatable bonds is 4. The summed E-state index contributed by atoms with van der Waals surface area (Å²) < 4.78 is 29.2. The number of nitrogens with zero attached hydrogens (tertiary/aromatic N) is 2. The fraction of sp³-hybridized carbons (Fsp3) is 0.240. The van der Waals surface area contributed by atoms with E-state index in [1.807, 2.05) is 24.3 Å². The Kier molecular flexibility index (Phi) is 5.10. The van der Waals surface area contributed by atoms with E-state index in [1.165, 1.54) is 11.3 Å². The molecule has 0 N–H and O–H groups in total. The van der Waals surface area contributed by atoms with Crippen molar-refractivity contribution in [2.45, 2.75) is 19.9 Å². The molecule has 0 saturated carbocycles. The lowest BCUT2D eigenvalue weighted by Gasteiger charge is -2.24. The zero-order valence-corrected chi connectivity index (χ0v) is 19.7. The molecule has 3 aliphatic rings. The van der Waals surface area contributed by atoms with Crippen molar-refractivity contribution >= 4 is 23.4 Å². The van der Waals surface area contributed by atoms with Crippen LogP contribution in [0, 0.1) is 0 Å². The number of thiazole rings is 1. The summed E-state index contributed by atoms with van der Waals surface area (Å²) in [6, 6.07) is 10.2. The van der Waals surface area contributed by atoms with Crippen molar-refractivity contribution in [1.82, 2.24) is 4.57 Å². The molecular formula is C25H20N2O7S. The number of aromatic nitrogens is 1. The summed E-state index contributed by atoms with van der Waals surface area (Å²) in [5.41, 5.74) is 2.04. The van der Waals surface area contributed by atoms with E-state index in [9.17, 15) is 9.59 Å². The molecule has 3 aromatic rings. The van der Waals surface area contributed by atoms with E-state index < -0.39 is 12.0 Å². The van der Waals surface area contributed by atoms with Gasteiger partial charge in [0, 0.05) is 0 Å². The van der Waals surface area contributed by atoms with Crippen LogP contribution in [0.3, 0.4) is 0 Å². The number of carbonyl (C=O) groups excluding carboxylic acids is 1. The zero-order chi connectivity index (χ0) is 24.1. The lowest BCUT2D eigenvalue weighted by Crippen LogP contribution is -2.39. The van der Waals surface area contributed by atoms with Crippen LogP contribution in [-0.2, 0) is 9.53 Å². The number of carbonyl (C=O) groups is 1. The highest BCUT2D eigenvalue weighted by Crippen LogP contribution is 2.38. The highest BCUT2D eigenvalue weighted by atomic mass is 32.1. The summed E-state index contributed by atoms with van der Waals surface area (Å²) in [5, 5.41) is 0. The predicted octanol–water partition coefficient (Wildman–Crippen LogP) is 2.26. The van der Waals surface area contributed by atoms with Gasteiger partial charge in [0.15, 0.2) is 27.8 Å². The van der Waals surface area contributed by atoms with Crippen molar-refractivity contribution in [1.29, 1.82) is 0 Å². The molecule has 0 saturated heterocycles. The van der Waals surface area contributed by atoms with Crippen LogP contribution in [0.25, 0.3) is 6.08 Å². The van der Waals surface area contributed by atoms with Crippen molar-refractivity contribution in [2.24, 2.45) is 4.99 Å². The summed E-state index contributed by atoms with van der Waals surface area (Å²) in [6.07, 6.45) is 1.78. The standard InChI is InChI=1S/C25H20N2O7S/c1-3-30-24(29)21-13(2)26-25-27(22(21)15-5-7-17-19(10-15)34-12-32-17)23(28)20(35-25)9-14-4-6-16-18(8-14)33-11-31-16/h4-10,22H,3,11-12H2,1-2H3/b20-9-. The number of hydrogen-bond donors (Lipinski definition) is 0. The van der Waals surface area contributed by atoms with Crippen molar-refractivity contribution in [3.8, 4) is 23.0 Å². The summed E-state index contributed by atoms with van der Waals surface area (Å²) >= 11 is 1.26. The van der Waals surface area contributed by atoms with Gasteiger partial charge in [0.25, 0.3) is 5.56 Å². The van der Waals surface area contributed by atoms with Gasteiger partial charge in [-0.05, 0) is 55.3 Å². The molecule has 0 spiro atoms. The van der Waals surface area contributed by atoms with Crippen molar-refractivity contribution < 1.29 is 28.5 Å². The predicted molar refractivity (Wildman–Crippen MR) is 126 cm³/mol. The van der Waals surface area contributed by atoms with Gasteiger partial charge in [0.1, 0.15) is 0 Å². The number of ether oxygens (including phenoxy) is 5. The topological polar surface area (TPSA) is 97.6 Å². The molecule has 0 aliphatic carbocycles. The first-order chi connectivity index (χ1) is 17.0. The van der Waals surface area contributed by atoms with Crippen LogP contribution in [0.4, 0.5) is 0 Å². The molecule has 2 aromatic carbocycles. The third kappa shape index (κ3) is 3.57. The maximum Gasteiger partial charge on any atom is 0.338 e. The van der Waals surface area contributed by atoms with Crippen LogP contribution in [0.2, 0.25) is 0 Å². The van der Waals surface area contributed by atoms with Gasteiger partial charge in [-0.3, -0.25) is 9.36 Å². The van der Waals surface area contributed by atoms with Crippen LogP contribution < -0.4 is 33.8 Å². The molecule has 178 valence electrons. The molecule has 6 rings (SSSR count). The minimum absolute atomic E-state index is 0.122. The van der Waals surface area contributed by atoms with Crippen molar-refractivity contribution in [3.05, 3.63) is 78.5 Å². The molecule has 1 aromatic heterocycles. The van der Waals surface area contributed by atoms with Crippen molar-refractivity contribution in [2.75, 3.05) is 20.2 Å². The maximum absolute atomic E-state index is 13.7. The molecule has 0 bridgehead atoms. The Balaban J connectivity index is 1.53. The van der Waals surface area contributed by atoms with E-state index in [-0.39, 0.29) is 25.8 Å². The van der Waals surface area contributed by atoms with Gasteiger partial charge in [-0.2, -0.15) is 0 Å². The summed E-state index contributed by atoms with van der Waals surface area (Å²) in [7, 11) is 0. The smallest absolute Gasteiger partial charge is 0.338 e. The number of allylic oxidation sites excluding steroid dienone is 1. The summed E-state index contributed by atoms with van der Waals surface area (Å²) in [6.45, 7) is 3.99. The molecule has 35 heavy (non-hydrogen) atoms. The van der Waals surface area contributed by atoms with Gasteiger partial charge < -0.3 is 23.7 Å². The second kappa shape index (κ2) is 8.31. The molecule has 1 atom stereocenters. The summed E-state index contributed by atoms with van der Waals surface area (Å²) in [5.74, 6) is 1.96. The summed E-state index contributed by atoms with van der Waals surface area (Å²) in [4.78, 5) is 31.8. The first-order valence-corrected chi connectivity index (χ1v) is 11.8. The highest BCUT2D eigenvalue weighted by molar-refractivity contribution is 7.07. The fourth-order valence-corrected chi connectivity index (χ4v) is 5.39. The van der Waals surface area contributed by atoms with Gasteiger partial charge >= 0.3 is 5.97 Å². The molecular weight excluding hydrogens is 472 g/mol. The van der Waals surface area contributed by atoms with Gasteiger partial charge in [0.05, 0.1) is 28.5 Å². The lowest BCUT2D eigenvalue weighted by molar-refractivity contribution is -0.139. The fourth-order valence-electron chi connectivity index (χ4n) is 4.34. The normalized spacial score (nSPS) is 17.9. The van der Waals surface area contributed by atoms with E-state index >= 15 is 0 Å². The van der Waals surface area contributed by atoms with Crippen LogP contribution in [-0.4, -0.2) is 30.7 Å². The Morgan fingerprint density at radius 3 is 2.51 bits per heavy atom. The van der Waals surface area contributed by atoms with Gasteiger partial charge in [-0.1, -0.05) is 23.5 Å². The highest BCUT2D eigenvalue weighted by Gasteiger charge is 2.34. The first kappa shape index (κ1) is 21.5. The Morgan fingerprint density at radius 1 is 1.09 bits per heavy atom. The third-order valence-electron chi connectivity index (χ3n) is 5.92. The van der Waals surface area contributed by atoms with Crippen LogP contribution >= 0.6 is 11.3 Å². The molecule has 10 heteroatoms. The minimum Gasteiger partial charge on any atom is -0.463 e. The van der Waals surface area contributed by atoms with Gasteiger partial charge in [-0.25, -0.2) is 9.79 Å². The molecule has 9 nitrogen and oxygen atoms in total. The number of benzene rings is 2. The Labute approximate surface area is 203 Å². The third-order valence-corrected chi connectivity index (χ3v) is 6.91. The largest absolute Gasteiger partial charge is 0.463 e. The van der Waals surface area contributed by atoms with Gasteiger partial charge in [0.2, 0.25) is 13.6 Å². The second-order valence-corrected chi connectivity index (χ2v) is 9.04. The monoisotopic (exact) mass is 492 g/mol. The van der Waals surface area contributed by atoms with E-state index in [0.717, 1.165) is 5.56 Å². The number of esters is 1. The molecule has 0 amide bonds. The molecule has 3 aliphatic heterocycles. The quantitative estimate of drug-likeness (QED) is 0.516. The van der Waals surface area contributed by atoms with E-state index in [2.05, 4.69) is 4.99 Å². The number of hydrogen-bond acceptors (Lipinski definition) is 9. The van der Waals surface area contributed by atoms with Crippen LogP contribution in [0.1, 0.15) is 31.0 Å². The SMILES string of the molecule is CCOC(=O)C1=C(C)N=c2s/c(=C\c3ccc4c(c3)OCO4)c(=O)n2C1c1ccc2c(c1)OCO2. The average Bonchev–Trinajstić information content (AvgIpc) is 3.57. The Bertz CT molecular complexity index is 1580. The van der Waals surface area contributed by atoms with Gasteiger partial charge in [-0.15, -0.1) is 0 Å². The molecule has 0 fully saturated rings. The molecule has 0 radical (unpaired) electrons. The second-order valence-electron chi connectivity index (χ2n) is 8.03. The Hall–Kier alpha value is -4.05. The number of fused-ring (bicyclic) bond motifs is 3. The maximum atomic E-state index is 13.7. The zero-order valence-electron chi connectivity index (χ0n) is 18.9. The molecule has 1 unspecified atom stereocenters.